The maximum atomic E-state index is 11.5. The molecule has 2 unspecified atom stereocenters. The molecule has 0 aromatic carbocycles. The van der Waals surface area contributed by atoms with Crippen LogP contribution in [0.3, 0.4) is 0 Å². The molecule has 0 aliphatic heterocycles. The summed E-state index contributed by atoms with van der Waals surface area (Å²) in [5.41, 5.74) is 0. The van der Waals surface area contributed by atoms with Gasteiger partial charge >= 0.3 is 0 Å². The maximum Gasteiger partial charge on any atom is 0.159 e. The van der Waals surface area contributed by atoms with Crippen LogP contribution in [-0.4, -0.2) is 35.4 Å². The van der Waals surface area contributed by atoms with Gasteiger partial charge in [0.25, 0.3) is 0 Å². The molecule has 4 nitrogen and oxygen atoms in total. The van der Waals surface area contributed by atoms with Gasteiger partial charge in [0.1, 0.15) is 9.74 Å². The molecule has 5 heteroatoms. The minimum Gasteiger partial charge on any atom is -0.300 e. The van der Waals surface area contributed by atoms with Crippen molar-refractivity contribution in [1.82, 2.24) is 10.6 Å². The van der Waals surface area contributed by atoms with E-state index in [0.29, 0.717) is 0 Å². The first-order chi connectivity index (χ1) is 6.72. The van der Waals surface area contributed by atoms with Gasteiger partial charge in [-0.25, -0.2) is 0 Å². The average molecular weight is 232 g/mol. The third-order valence-corrected chi connectivity index (χ3v) is 4.51. The van der Waals surface area contributed by atoms with E-state index in [0.717, 1.165) is 0 Å². The third-order valence-electron chi connectivity index (χ3n) is 2.71. The van der Waals surface area contributed by atoms with Gasteiger partial charge in [-0.05, 0) is 41.8 Å². The number of ketones is 2. The molecule has 0 saturated heterocycles. The van der Waals surface area contributed by atoms with Crippen molar-refractivity contribution in [2.45, 2.75) is 37.4 Å². The SMILES string of the molecule is CNC(C)(SC(C)(NC)C(C)=O)C(C)=O. The Morgan fingerprint density at radius 1 is 0.933 bits per heavy atom. The fourth-order valence-corrected chi connectivity index (χ4v) is 2.31. The molecule has 0 heterocycles. The van der Waals surface area contributed by atoms with Crippen LogP contribution in [0.2, 0.25) is 0 Å². The molecule has 88 valence electrons. The zero-order valence-electron chi connectivity index (χ0n) is 10.2. The predicted octanol–water partition coefficient (Wildman–Crippen LogP) is 0.769. The number of carbonyl (C=O) groups excluding carboxylic acids is 2. The lowest BCUT2D eigenvalue weighted by Gasteiger charge is -2.35. The van der Waals surface area contributed by atoms with E-state index < -0.39 is 9.74 Å². The first-order valence-electron chi connectivity index (χ1n) is 4.82. The molecule has 0 aromatic rings. The van der Waals surface area contributed by atoms with E-state index in [9.17, 15) is 9.59 Å². The van der Waals surface area contributed by atoms with Crippen molar-refractivity contribution in [3.05, 3.63) is 0 Å². The van der Waals surface area contributed by atoms with Gasteiger partial charge in [-0.15, -0.1) is 11.8 Å². The lowest BCUT2D eigenvalue weighted by atomic mass is 10.2. The van der Waals surface area contributed by atoms with E-state index in [4.69, 9.17) is 0 Å². The second kappa shape index (κ2) is 5.09. The largest absolute Gasteiger partial charge is 0.300 e. The molecule has 0 amide bonds. The number of hydrogen-bond donors (Lipinski definition) is 2. The molecule has 2 atom stereocenters. The normalized spacial score (nSPS) is 19.1. The van der Waals surface area contributed by atoms with Crippen molar-refractivity contribution in [2.75, 3.05) is 14.1 Å². The van der Waals surface area contributed by atoms with E-state index in [1.165, 1.54) is 25.6 Å². The molecule has 0 rings (SSSR count). The molecular weight excluding hydrogens is 212 g/mol. The van der Waals surface area contributed by atoms with E-state index in [2.05, 4.69) is 10.6 Å². The average Bonchev–Trinajstić information content (AvgIpc) is 2.16. The van der Waals surface area contributed by atoms with Crippen molar-refractivity contribution in [3.63, 3.8) is 0 Å². The highest BCUT2D eigenvalue weighted by Gasteiger charge is 2.40. The van der Waals surface area contributed by atoms with Gasteiger partial charge in [-0.2, -0.15) is 0 Å². The van der Waals surface area contributed by atoms with Gasteiger partial charge in [0, 0.05) is 0 Å². The number of Topliss-reactive ketones (excluding diaryl/α,β-unsaturated/α-hetero) is 2. The highest BCUT2D eigenvalue weighted by molar-refractivity contribution is 8.03. The Hall–Kier alpha value is -0.390. The van der Waals surface area contributed by atoms with Crippen LogP contribution in [0.4, 0.5) is 0 Å². The molecule has 2 N–H and O–H groups in total. The number of rotatable bonds is 6. The quantitative estimate of drug-likeness (QED) is 0.662. The molecule has 0 saturated carbocycles. The number of nitrogens with one attached hydrogen (secondary N) is 2. The van der Waals surface area contributed by atoms with Gasteiger partial charge in [0.15, 0.2) is 11.6 Å². The zero-order chi connectivity index (χ0) is 12.3. The van der Waals surface area contributed by atoms with Gasteiger partial charge in [-0.3, -0.25) is 20.2 Å². The van der Waals surface area contributed by atoms with Crippen molar-refractivity contribution < 1.29 is 9.59 Å². The smallest absolute Gasteiger partial charge is 0.159 e. The van der Waals surface area contributed by atoms with Crippen LogP contribution in [0, 0.1) is 0 Å². The number of hydrogen-bond acceptors (Lipinski definition) is 5. The number of thioether (sulfide) groups is 1. The number of likely N-dealkylation sites (N-methyl/N-ethyl adjacent to an activating group) is 2. The molecule has 0 fully saturated rings. The zero-order valence-corrected chi connectivity index (χ0v) is 11.0. The summed E-state index contributed by atoms with van der Waals surface area (Å²) in [6, 6.07) is 0. The van der Waals surface area contributed by atoms with Crippen LogP contribution in [-0.2, 0) is 9.59 Å². The van der Waals surface area contributed by atoms with Crippen molar-refractivity contribution in [3.8, 4) is 0 Å². The third kappa shape index (κ3) is 3.29. The van der Waals surface area contributed by atoms with Crippen LogP contribution in [0.25, 0.3) is 0 Å². The Morgan fingerprint density at radius 2 is 1.20 bits per heavy atom. The van der Waals surface area contributed by atoms with Crippen molar-refractivity contribution in [2.24, 2.45) is 0 Å². The van der Waals surface area contributed by atoms with Gasteiger partial charge in [0.2, 0.25) is 0 Å². The maximum absolute atomic E-state index is 11.5. The summed E-state index contributed by atoms with van der Waals surface area (Å²) in [7, 11) is 3.43. The predicted molar refractivity (Wildman–Crippen MR) is 63.9 cm³/mol. The molecule has 0 bridgehead atoms. The first-order valence-corrected chi connectivity index (χ1v) is 5.63. The summed E-state index contributed by atoms with van der Waals surface area (Å²) in [6.45, 7) is 6.58. The highest BCUT2D eigenvalue weighted by Crippen LogP contribution is 2.34. The molecule has 0 aliphatic rings. The molecule has 0 aliphatic carbocycles. The molecule has 0 spiro atoms. The second-order valence-corrected chi connectivity index (χ2v) is 5.62. The van der Waals surface area contributed by atoms with Crippen LogP contribution in [0.1, 0.15) is 27.7 Å². The lowest BCUT2D eigenvalue weighted by Crippen LogP contribution is -2.53. The molecule has 0 radical (unpaired) electrons. The Morgan fingerprint density at radius 3 is 1.33 bits per heavy atom. The first kappa shape index (κ1) is 14.6. The fourth-order valence-electron chi connectivity index (χ4n) is 1.01. The number of carbonyl (C=O) groups is 2. The van der Waals surface area contributed by atoms with Crippen LogP contribution in [0.5, 0.6) is 0 Å². The van der Waals surface area contributed by atoms with E-state index >= 15 is 0 Å². The summed E-state index contributed by atoms with van der Waals surface area (Å²) >= 11 is 1.29. The Balaban J connectivity index is 4.95. The van der Waals surface area contributed by atoms with Crippen LogP contribution < -0.4 is 10.6 Å². The summed E-state index contributed by atoms with van der Waals surface area (Å²) in [5, 5.41) is 5.89. The molecule has 15 heavy (non-hydrogen) atoms. The van der Waals surface area contributed by atoms with E-state index in [1.54, 1.807) is 27.9 Å². The second-order valence-electron chi connectivity index (χ2n) is 3.78. The van der Waals surface area contributed by atoms with Gasteiger partial charge < -0.3 is 0 Å². The Kier molecular flexibility index (Phi) is 4.96. The van der Waals surface area contributed by atoms with Gasteiger partial charge in [-0.1, -0.05) is 0 Å². The van der Waals surface area contributed by atoms with Crippen molar-refractivity contribution in [1.29, 1.82) is 0 Å². The topological polar surface area (TPSA) is 58.2 Å². The van der Waals surface area contributed by atoms with Crippen LogP contribution >= 0.6 is 11.8 Å². The molecular formula is C10H20N2O2S. The summed E-state index contributed by atoms with van der Waals surface area (Å²) in [5.74, 6) is -0.00421. The molecule has 0 aromatic heterocycles. The van der Waals surface area contributed by atoms with E-state index in [1.807, 2.05) is 0 Å². The monoisotopic (exact) mass is 232 g/mol. The summed E-state index contributed by atoms with van der Waals surface area (Å²) < 4.78 is 0. The Labute approximate surface area is 95.6 Å². The van der Waals surface area contributed by atoms with E-state index in [-0.39, 0.29) is 11.6 Å². The van der Waals surface area contributed by atoms with Crippen LogP contribution in [0.15, 0.2) is 0 Å². The minimum absolute atomic E-state index is 0.00211. The van der Waals surface area contributed by atoms with Gasteiger partial charge in [0.05, 0.1) is 0 Å². The standard InChI is InChI=1S/C10H20N2O2S/c1-7(13)9(3,11-5)15-10(4,12-6)8(2)14/h11-12H,1-6H3. The summed E-state index contributed by atoms with van der Waals surface area (Å²) in [4.78, 5) is 21.5. The highest BCUT2D eigenvalue weighted by atomic mass is 32.2. The van der Waals surface area contributed by atoms with Crippen molar-refractivity contribution >= 4 is 23.3 Å². The Bertz CT molecular complexity index is 244. The lowest BCUT2D eigenvalue weighted by molar-refractivity contribution is -0.119. The minimum atomic E-state index is -0.747. The fraction of sp³-hybridized carbons (Fsp3) is 0.800. The summed E-state index contributed by atoms with van der Waals surface area (Å²) in [6.07, 6.45) is 0.